The van der Waals surface area contributed by atoms with E-state index in [9.17, 15) is 9.59 Å². The average Bonchev–Trinajstić information content (AvgIpc) is 2.36. The number of hydrogen-bond donors (Lipinski definition) is 2. The van der Waals surface area contributed by atoms with Gasteiger partial charge in [-0.15, -0.1) is 0 Å². The quantitative estimate of drug-likeness (QED) is 0.419. The van der Waals surface area contributed by atoms with E-state index in [0.29, 0.717) is 16.5 Å². The molecule has 1 aromatic rings. The van der Waals surface area contributed by atoms with Crippen LogP contribution in [0, 0.1) is 0 Å². The van der Waals surface area contributed by atoms with E-state index in [1.165, 1.54) is 12.3 Å². The second-order valence-corrected chi connectivity index (χ2v) is 7.07. The van der Waals surface area contributed by atoms with Crippen LogP contribution in [-0.4, -0.2) is 33.1 Å². The third-order valence-corrected chi connectivity index (χ3v) is 3.21. The number of pyridine rings is 1. The Labute approximate surface area is 148 Å². The normalized spacial score (nSPS) is 12.4. The number of carbonyl (C=O) groups excluding carboxylic acids is 2. The van der Waals surface area contributed by atoms with Gasteiger partial charge in [0.2, 0.25) is 0 Å². The lowest BCUT2D eigenvalue weighted by Crippen LogP contribution is -2.44. The van der Waals surface area contributed by atoms with Crippen LogP contribution in [0.3, 0.4) is 0 Å². The Morgan fingerprint density at radius 2 is 2.14 bits per heavy atom. The van der Waals surface area contributed by atoms with E-state index < -0.39 is 23.6 Å². The van der Waals surface area contributed by atoms with Gasteiger partial charge in [-0.25, -0.2) is 9.78 Å². The van der Waals surface area contributed by atoms with Crippen molar-refractivity contribution in [2.45, 2.75) is 38.8 Å². The van der Waals surface area contributed by atoms with E-state index in [4.69, 9.17) is 16.3 Å². The molecule has 1 aromatic heterocycles. The molecule has 0 saturated carbocycles. The molecule has 1 heterocycles. The molecule has 0 bridgehead atoms. The zero-order valence-electron chi connectivity index (χ0n) is 12.7. The van der Waals surface area contributed by atoms with E-state index in [0.717, 1.165) is 0 Å². The molecule has 0 fully saturated rings. The molecular weight excluding hydrogens is 421 g/mol. The lowest BCUT2D eigenvalue weighted by Gasteiger charge is -2.23. The molecule has 0 aliphatic carbocycles. The molecule has 2 N–H and O–H groups in total. The third kappa shape index (κ3) is 7.26. The fraction of sp³-hybridized carbons (Fsp3) is 0.500. The van der Waals surface area contributed by atoms with Crippen molar-refractivity contribution >= 4 is 51.9 Å². The first-order chi connectivity index (χ1) is 10.2. The summed E-state index contributed by atoms with van der Waals surface area (Å²) >= 11 is 7.89. The monoisotopic (exact) mass is 439 g/mol. The molecule has 1 rings (SSSR count). The highest BCUT2D eigenvalue weighted by atomic mass is 127. The summed E-state index contributed by atoms with van der Waals surface area (Å²) in [5, 5.41) is 5.60. The molecule has 0 aliphatic rings. The zero-order chi connectivity index (χ0) is 16.8. The fourth-order valence-corrected chi connectivity index (χ4v) is 2.25. The number of aromatic nitrogens is 1. The highest BCUT2D eigenvalue weighted by Gasteiger charge is 2.24. The predicted molar refractivity (Wildman–Crippen MR) is 94.5 cm³/mol. The van der Waals surface area contributed by atoms with Gasteiger partial charge in [-0.3, -0.25) is 4.79 Å². The maximum atomic E-state index is 12.2. The minimum absolute atomic E-state index is 0.273. The van der Waals surface area contributed by atoms with Gasteiger partial charge in [0, 0.05) is 28.3 Å². The number of nitrogens with zero attached hydrogens (tertiary/aromatic N) is 1. The van der Waals surface area contributed by atoms with E-state index in [1.54, 1.807) is 6.07 Å². The molecule has 1 atom stereocenters. The standard InChI is InChI=1S/C14H19ClIN3O3/c1-14(2,3)19-13(21)22-10(4-6-16)12(20)18-9-5-7-17-11(15)8-9/h5,7-8,10H,4,6H2,1-3H3,(H,19,21)(H,17,18,20). The predicted octanol–water partition coefficient (Wildman–Crippen LogP) is 3.39. The average molecular weight is 440 g/mol. The molecule has 0 saturated heterocycles. The summed E-state index contributed by atoms with van der Waals surface area (Å²) in [7, 11) is 0. The summed E-state index contributed by atoms with van der Waals surface area (Å²) < 4.78 is 5.89. The lowest BCUT2D eigenvalue weighted by molar-refractivity contribution is -0.124. The lowest BCUT2D eigenvalue weighted by atomic mass is 10.1. The van der Waals surface area contributed by atoms with Gasteiger partial charge in [-0.1, -0.05) is 34.2 Å². The van der Waals surface area contributed by atoms with Crippen molar-refractivity contribution in [3.8, 4) is 0 Å². The molecule has 0 spiro atoms. The van der Waals surface area contributed by atoms with Crippen molar-refractivity contribution in [2.24, 2.45) is 0 Å². The summed E-state index contributed by atoms with van der Waals surface area (Å²) in [6.07, 6.45) is 0.415. The summed E-state index contributed by atoms with van der Waals surface area (Å²) in [5.74, 6) is -0.400. The Kier molecular flexibility index (Phi) is 7.34. The van der Waals surface area contributed by atoms with Crippen molar-refractivity contribution in [1.29, 1.82) is 0 Å². The molecule has 22 heavy (non-hydrogen) atoms. The Bertz CT molecular complexity index is 534. The topological polar surface area (TPSA) is 80.3 Å². The fourth-order valence-electron chi connectivity index (χ4n) is 1.51. The van der Waals surface area contributed by atoms with Gasteiger partial charge in [-0.2, -0.15) is 0 Å². The van der Waals surface area contributed by atoms with Crippen LogP contribution < -0.4 is 10.6 Å². The highest BCUT2D eigenvalue weighted by Crippen LogP contribution is 2.14. The molecular formula is C14H19ClIN3O3. The number of alkyl carbamates (subject to hydrolysis) is 1. The van der Waals surface area contributed by atoms with E-state index in [2.05, 4.69) is 38.2 Å². The largest absolute Gasteiger partial charge is 0.436 e. The number of amides is 2. The van der Waals surface area contributed by atoms with Crippen molar-refractivity contribution in [3.05, 3.63) is 23.5 Å². The number of nitrogens with one attached hydrogen (secondary N) is 2. The van der Waals surface area contributed by atoms with Gasteiger partial charge < -0.3 is 15.4 Å². The van der Waals surface area contributed by atoms with Gasteiger partial charge in [0.15, 0.2) is 6.10 Å². The van der Waals surface area contributed by atoms with Gasteiger partial charge in [0.05, 0.1) is 0 Å². The van der Waals surface area contributed by atoms with Crippen LogP contribution in [0.2, 0.25) is 5.15 Å². The van der Waals surface area contributed by atoms with Gasteiger partial charge in [-0.05, 0) is 32.9 Å². The van der Waals surface area contributed by atoms with Crippen molar-refractivity contribution in [2.75, 3.05) is 9.74 Å². The molecule has 122 valence electrons. The van der Waals surface area contributed by atoms with Gasteiger partial charge in [0.25, 0.3) is 5.91 Å². The smallest absolute Gasteiger partial charge is 0.408 e. The SMILES string of the molecule is CC(C)(C)NC(=O)OC(CCI)C(=O)Nc1ccnc(Cl)c1. The zero-order valence-corrected chi connectivity index (χ0v) is 15.6. The number of ether oxygens (including phenoxy) is 1. The van der Waals surface area contributed by atoms with E-state index in [-0.39, 0.29) is 5.15 Å². The highest BCUT2D eigenvalue weighted by molar-refractivity contribution is 14.1. The second kappa shape index (κ2) is 8.52. The van der Waals surface area contributed by atoms with Gasteiger partial charge in [0.1, 0.15) is 5.15 Å². The molecule has 2 amide bonds. The number of halogens is 2. The molecule has 8 heteroatoms. The number of rotatable bonds is 5. The first kappa shape index (κ1) is 19.0. The van der Waals surface area contributed by atoms with Crippen LogP contribution in [0.4, 0.5) is 10.5 Å². The van der Waals surface area contributed by atoms with Crippen LogP contribution in [0.5, 0.6) is 0 Å². The molecule has 0 aromatic carbocycles. The maximum Gasteiger partial charge on any atom is 0.408 e. The molecule has 1 unspecified atom stereocenters. The minimum Gasteiger partial charge on any atom is -0.436 e. The summed E-state index contributed by atoms with van der Waals surface area (Å²) in [6, 6.07) is 3.13. The Morgan fingerprint density at radius 1 is 1.45 bits per heavy atom. The first-order valence-corrected chi connectivity index (χ1v) is 8.59. The molecule has 0 aliphatic heterocycles. The van der Waals surface area contributed by atoms with Crippen LogP contribution in [0.25, 0.3) is 0 Å². The second-order valence-electron chi connectivity index (χ2n) is 5.60. The summed E-state index contributed by atoms with van der Waals surface area (Å²) in [4.78, 5) is 27.9. The maximum absolute atomic E-state index is 12.2. The van der Waals surface area contributed by atoms with Crippen LogP contribution in [-0.2, 0) is 9.53 Å². The number of carbonyl (C=O) groups is 2. The summed E-state index contributed by atoms with van der Waals surface area (Å²) in [6.45, 7) is 5.50. The van der Waals surface area contributed by atoms with Crippen molar-refractivity contribution < 1.29 is 14.3 Å². The third-order valence-electron chi connectivity index (χ3n) is 2.38. The first-order valence-electron chi connectivity index (χ1n) is 6.68. The van der Waals surface area contributed by atoms with Crippen LogP contribution >= 0.6 is 34.2 Å². The summed E-state index contributed by atoms with van der Waals surface area (Å²) in [5.41, 5.74) is 0.0735. The Balaban J connectivity index is 2.69. The number of hydrogen-bond acceptors (Lipinski definition) is 4. The minimum atomic E-state index is -0.869. The Morgan fingerprint density at radius 3 is 2.68 bits per heavy atom. The Hall–Kier alpha value is -1.09. The van der Waals surface area contributed by atoms with Gasteiger partial charge >= 0.3 is 6.09 Å². The van der Waals surface area contributed by atoms with Crippen molar-refractivity contribution in [1.82, 2.24) is 10.3 Å². The number of anilines is 1. The molecule has 6 nitrogen and oxygen atoms in total. The van der Waals surface area contributed by atoms with Crippen LogP contribution in [0.1, 0.15) is 27.2 Å². The van der Waals surface area contributed by atoms with Crippen LogP contribution in [0.15, 0.2) is 18.3 Å². The van der Waals surface area contributed by atoms with Crippen molar-refractivity contribution in [3.63, 3.8) is 0 Å². The van der Waals surface area contributed by atoms with E-state index >= 15 is 0 Å². The van der Waals surface area contributed by atoms with E-state index in [1.807, 2.05) is 20.8 Å². The molecule has 0 radical (unpaired) electrons. The number of alkyl halides is 1.